The van der Waals surface area contributed by atoms with Crippen LogP contribution in [0.4, 0.5) is 0 Å². The molecule has 0 aromatic heterocycles. The Kier molecular flexibility index (Phi) is 14.8. The van der Waals surface area contributed by atoms with Crippen LogP contribution in [0.25, 0.3) is 0 Å². The van der Waals surface area contributed by atoms with E-state index in [9.17, 15) is 34.5 Å². The van der Waals surface area contributed by atoms with Gasteiger partial charge in [-0.05, 0) is 60.2 Å². The third-order valence-electron chi connectivity index (χ3n) is 7.75. The van der Waals surface area contributed by atoms with E-state index in [1.807, 2.05) is 13.8 Å². The summed E-state index contributed by atoms with van der Waals surface area (Å²) < 4.78 is 5.83. The van der Waals surface area contributed by atoms with Crippen LogP contribution in [0.5, 0.6) is 0 Å². The molecule has 4 unspecified atom stereocenters. The lowest BCUT2D eigenvalue weighted by atomic mass is 9.57. The van der Waals surface area contributed by atoms with E-state index < -0.39 is 77.7 Å². The van der Waals surface area contributed by atoms with Gasteiger partial charge in [-0.15, -0.1) is 0 Å². The third kappa shape index (κ3) is 7.59. The Morgan fingerprint density at radius 2 is 1.18 bits per heavy atom. The summed E-state index contributed by atoms with van der Waals surface area (Å²) in [5.41, 5.74) is -5.37. The highest BCUT2D eigenvalue weighted by Crippen LogP contribution is 2.47. The first-order valence-corrected chi connectivity index (χ1v) is 13.5. The second kappa shape index (κ2) is 15.6. The van der Waals surface area contributed by atoms with Gasteiger partial charge >= 0.3 is 11.9 Å². The number of likely N-dealkylation sites (N-methyl/N-ethyl adjacent to an activating group) is 3. The fourth-order valence-electron chi connectivity index (χ4n) is 5.14. The van der Waals surface area contributed by atoms with Crippen LogP contribution in [0.15, 0.2) is 0 Å². The van der Waals surface area contributed by atoms with Crippen LogP contribution in [0.1, 0.15) is 74.1 Å². The summed E-state index contributed by atoms with van der Waals surface area (Å²) in [4.78, 5) is 55.7. The van der Waals surface area contributed by atoms with E-state index in [0.29, 0.717) is 12.8 Å². The number of aliphatic hydroxyl groups is 2. The quantitative estimate of drug-likeness (QED) is 0.100. The number of aliphatic carboxylic acids is 1. The van der Waals surface area contributed by atoms with Crippen molar-refractivity contribution in [3.63, 3.8) is 0 Å². The molecule has 222 valence electrons. The van der Waals surface area contributed by atoms with Crippen molar-refractivity contribution in [3.8, 4) is 0 Å². The number of ketones is 2. The van der Waals surface area contributed by atoms with E-state index in [1.165, 1.54) is 41.9 Å². The first-order valence-electron chi connectivity index (χ1n) is 13.5. The number of esters is 1. The summed E-state index contributed by atoms with van der Waals surface area (Å²) in [6.07, 6.45) is -3.02. The molecule has 0 spiro atoms. The van der Waals surface area contributed by atoms with E-state index in [1.54, 1.807) is 13.8 Å². The molecule has 0 aromatic rings. The van der Waals surface area contributed by atoms with Gasteiger partial charge in [0.2, 0.25) is 5.60 Å². The number of rotatable bonds is 19. The van der Waals surface area contributed by atoms with Crippen LogP contribution in [0.2, 0.25) is 0 Å². The molecule has 11 nitrogen and oxygen atoms in total. The number of carboxylic acids is 1. The molecule has 0 amide bonds. The average Bonchev–Trinajstić information content (AvgIpc) is 2.85. The molecule has 0 heterocycles. The molecule has 11 heteroatoms. The molecule has 0 aliphatic heterocycles. The maximum Gasteiger partial charge on any atom is 0.349 e. The highest BCUT2D eigenvalue weighted by molar-refractivity contribution is 6.16. The van der Waals surface area contributed by atoms with Gasteiger partial charge in [0.15, 0.2) is 11.6 Å². The number of Topliss-reactive ketones (excluding diaryl/α,β-unsaturated/α-hetero) is 2. The summed E-state index contributed by atoms with van der Waals surface area (Å²) in [6, 6.07) is -3.00. The van der Waals surface area contributed by atoms with Gasteiger partial charge in [0.05, 0.1) is 24.3 Å². The summed E-state index contributed by atoms with van der Waals surface area (Å²) in [7, 11) is 4.53. The Bertz CT molecular complexity index is 805. The highest BCUT2D eigenvalue weighted by Gasteiger charge is 2.70. The van der Waals surface area contributed by atoms with Crippen molar-refractivity contribution in [2.45, 2.75) is 110 Å². The highest BCUT2D eigenvalue weighted by atomic mass is 16.6. The van der Waals surface area contributed by atoms with E-state index in [4.69, 9.17) is 4.74 Å². The molecule has 0 bridgehead atoms. The molecule has 0 aliphatic rings. The van der Waals surface area contributed by atoms with E-state index >= 15 is 0 Å². The zero-order valence-electron chi connectivity index (χ0n) is 24.8. The molecule has 0 aromatic carbocycles. The Balaban J connectivity index is 7.87. The molecule has 0 rings (SSSR count). The van der Waals surface area contributed by atoms with E-state index in [0.717, 1.165) is 0 Å². The van der Waals surface area contributed by atoms with Crippen molar-refractivity contribution in [2.24, 2.45) is 17.3 Å². The largest absolute Gasteiger partial charge is 0.478 e. The van der Waals surface area contributed by atoms with Gasteiger partial charge in [0, 0.05) is 6.42 Å². The maximum absolute atomic E-state index is 14.6. The van der Waals surface area contributed by atoms with Gasteiger partial charge in [0.1, 0.15) is 11.5 Å². The minimum Gasteiger partial charge on any atom is -0.478 e. The minimum atomic E-state index is -2.82. The summed E-state index contributed by atoms with van der Waals surface area (Å²) in [5.74, 6) is -5.00. The predicted octanol–water partition coefficient (Wildman–Crippen LogP) is 0.896. The van der Waals surface area contributed by atoms with Crippen molar-refractivity contribution < 1.29 is 39.2 Å². The zero-order chi connectivity index (χ0) is 30.0. The van der Waals surface area contributed by atoms with Gasteiger partial charge in [-0.3, -0.25) is 14.4 Å². The average molecular weight is 546 g/mol. The Morgan fingerprint density at radius 1 is 0.737 bits per heavy atom. The van der Waals surface area contributed by atoms with Crippen LogP contribution in [0, 0.1) is 17.3 Å². The number of carboxylic acid groups (broad SMARTS) is 1. The molecule has 6 N–H and O–H groups in total. The van der Waals surface area contributed by atoms with Crippen molar-refractivity contribution >= 4 is 23.5 Å². The van der Waals surface area contributed by atoms with Crippen molar-refractivity contribution in [1.82, 2.24) is 16.0 Å². The normalized spacial score (nSPS) is 20.5. The first kappa shape index (κ1) is 36.1. The molecule has 0 saturated heterocycles. The molecule has 9 atom stereocenters. The number of aliphatic hydroxyl groups excluding tert-OH is 2. The van der Waals surface area contributed by atoms with Gasteiger partial charge < -0.3 is 36.0 Å². The molecular weight excluding hydrogens is 494 g/mol. The van der Waals surface area contributed by atoms with E-state index in [2.05, 4.69) is 16.0 Å². The number of carbonyl (C=O) groups is 4. The lowest BCUT2D eigenvalue weighted by Gasteiger charge is -2.49. The monoisotopic (exact) mass is 545 g/mol. The van der Waals surface area contributed by atoms with Crippen LogP contribution in [0.3, 0.4) is 0 Å². The number of nitrogens with one attached hydrogen (secondary N) is 3. The Morgan fingerprint density at radius 3 is 1.53 bits per heavy atom. The van der Waals surface area contributed by atoms with Gasteiger partial charge in [-0.1, -0.05) is 40.5 Å². The van der Waals surface area contributed by atoms with Crippen molar-refractivity contribution in [2.75, 3.05) is 21.1 Å². The number of hydrogen-bond acceptors (Lipinski definition) is 10. The lowest BCUT2D eigenvalue weighted by Crippen LogP contribution is -2.71. The lowest BCUT2D eigenvalue weighted by molar-refractivity contribution is -0.209. The van der Waals surface area contributed by atoms with Gasteiger partial charge in [0.25, 0.3) is 0 Å². The smallest absolute Gasteiger partial charge is 0.349 e. The minimum absolute atomic E-state index is 0.274. The number of carbonyl (C=O) groups excluding carboxylic acids is 3. The fraction of sp³-hybridized carbons (Fsp3) is 0.852. The molecule has 0 saturated carbocycles. The summed E-state index contributed by atoms with van der Waals surface area (Å²) in [6.45, 7) is 11.4. The Hall–Kier alpha value is -1.92. The van der Waals surface area contributed by atoms with E-state index in [-0.39, 0.29) is 11.8 Å². The van der Waals surface area contributed by atoms with Crippen LogP contribution < -0.4 is 16.0 Å². The topological polar surface area (TPSA) is 174 Å². The molecule has 0 aliphatic carbocycles. The molecular formula is C27H51N3O8. The first-order chi connectivity index (χ1) is 17.6. The fourth-order valence-corrected chi connectivity index (χ4v) is 5.14. The van der Waals surface area contributed by atoms with Crippen molar-refractivity contribution in [3.05, 3.63) is 0 Å². The zero-order valence-corrected chi connectivity index (χ0v) is 24.8. The van der Waals surface area contributed by atoms with Crippen LogP contribution in [-0.2, 0) is 23.9 Å². The van der Waals surface area contributed by atoms with Crippen LogP contribution >= 0.6 is 0 Å². The molecule has 0 radical (unpaired) electrons. The Labute approximate surface area is 227 Å². The second-order valence-electron chi connectivity index (χ2n) is 10.6. The standard InChI is InChI=1S/C27H51N3O8/c1-11-15(3)20(29-9)23(34)26(13-17(5)31,22(33)19(7)28-8)27(25(36)37,14-18(6)32)38-24(35)21(30-10)16(4)12-2/h15-21,28-32H,11-14H2,1-10H3,(H,36,37)/t15-,16-,17?,18?,19-,20-,21-,26?,27?/m1/s1. The number of ether oxygens (including phenoxy) is 1. The predicted molar refractivity (Wildman–Crippen MR) is 145 cm³/mol. The summed E-state index contributed by atoms with van der Waals surface area (Å²) in [5, 5.41) is 40.5. The second-order valence-corrected chi connectivity index (χ2v) is 10.6. The van der Waals surface area contributed by atoms with Crippen molar-refractivity contribution in [1.29, 1.82) is 0 Å². The number of hydrogen-bond donors (Lipinski definition) is 6. The third-order valence-corrected chi connectivity index (χ3v) is 7.75. The van der Waals surface area contributed by atoms with Crippen LogP contribution in [-0.4, -0.2) is 95.9 Å². The maximum atomic E-state index is 14.6. The molecule has 0 fully saturated rings. The van der Waals surface area contributed by atoms with Gasteiger partial charge in [-0.25, -0.2) is 4.79 Å². The summed E-state index contributed by atoms with van der Waals surface area (Å²) >= 11 is 0. The SMILES string of the molecule is CC[C@@H](C)[C@@H](NC)C(=O)OC(CC(C)O)(C(=O)O)C(CC(C)O)(C(=O)[C@@H](C)NC)C(=O)[C@H](NC)[C@H](C)CC. The molecule has 38 heavy (non-hydrogen) atoms. The van der Waals surface area contributed by atoms with Gasteiger partial charge in [-0.2, -0.15) is 0 Å².